The number of aromatic nitrogens is 2. The first-order valence-corrected chi connectivity index (χ1v) is 27.9. The van der Waals surface area contributed by atoms with E-state index in [9.17, 15) is 45.6 Å². The highest BCUT2D eigenvalue weighted by Gasteiger charge is 2.83. The van der Waals surface area contributed by atoms with Crippen LogP contribution in [0.1, 0.15) is 136 Å². The molecular weight excluding hydrogens is 935 g/mol. The fraction of sp³-hybridized carbons (Fsp3) is 0.839. The lowest BCUT2D eigenvalue weighted by atomic mass is 9.21. The molecule has 406 valence electrons. The molecule has 0 aromatic carbocycles. The van der Waals surface area contributed by atoms with Crippen molar-refractivity contribution in [2.45, 2.75) is 179 Å². The number of hydrogen-bond acceptors (Lipinski definition) is 14. The molecule has 2 saturated heterocycles. The van der Waals surface area contributed by atoms with Gasteiger partial charge in [-0.3, -0.25) is 9.59 Å². The summed E-state index contributed by atoms with van der Waals surface area (Å²) in [7, 11) is 1.82. The van der Waals surface area contributed by atoms with Gasteiger partial charge >= 0.3 is 5.97 Å². The van der Waals surface area contributed by atoms with E-state index in [1.54, 1.807) is 12.5 Å². The number of amides is 1. The maximum absolute atomic E-state index is 15.3. The summed E-state index contributed by atoms with van der Waals surface area (Å²) < 4.78 is 12.8. The van der Waals surface area contributed by atoms with Crippen LogP contribution in [0, 0.1) is 78.8 Å². The Labute approximate surface area is 429 Å². The first kappa shape index (κ1) is 52.3. The van der Waals surface area contributed by atoms with Crippen LogP contribution in [0.5, 0.6) is 0 Å². The van der Waals surface area contributed by atoms with E-state index in [2.05, 4.69) is 53.5 Å². The Morgan fingerprint density at radius 3 is 2.37 bits per heavy atom. The van der Waals surface area contributed by atoms with Crippen LogP contribution in [0.3, 0.4) is 0 Å². The maximum atomic E-state index is 15.3. The Morgan fingerprint density at radius 2 is 1.71 bits per heavy atom. The minimum absolute atomic E-state index is 0.00901. The van der Waals surface area contributed by atoms with Crippen molar-refractivity contribution >= 4 is 11.9 Å². The Morgan fingerprint density at radius 1 is 0.973 bits per heavy atom. The number of imidazole rings is 1. The van der Waals surface area contributed by atoms with Gasteiger partial charge in [-0.25, -0.2) is 4.98 Å². The Hall–Kier alpha value is -2.81. The fourth-order valence-electron chi connectivity index (χ4n) is 20.6. The first-order chi connectivity index (χ1) is 34.6. The third-order valence-corrected chi connectivity index (χ3v) is 24.1. The zero-order valence-electron chi connectivity index (χ0n) is 43.6. The van der Waals surface area contributed by atoms with Crippen LogP contribution in [0.4, 0.5) is 0 Å². The van der Waals surface area contributed by atoms with Crippen molar-refractivity contribution in [2.24, 2.45) is 84.6 Å². The summed E-state index contributed by atoms with van der Waals surface area (Å²) in [6, 6.07) is -0.489. The van der Waals surface area contributed by atoms with Crippen LogP contribution in [0.2, 0.25) is 0 Å². The zero-order valence-corrected chi connectivity index (χ0v) is 43.6. The van der Waals surface area contributed by atoms with E-state index >= 15 is 4.79 Å². The van der Waals surface area contributed by atoms with Gasteiger partial charge in [0.2, 0.25) is 5.91 Å². The third kappa shape index (κ3) is 6.75. The number of nitrogens with two attached hydrogens (primary N) is 1. The van der Waals surface area contributed by atoms with E-state index in [1.165, 1.54) is 11.1 Å². The molecule has 8 fully saturated rings. The molecule has 1 amide bonds. The molecule has 8 aliphatic carbocycles. The van der Waals surface area contributed by atoms with Crippen LogP contribution < -0.4 is 16.4 Å². The number of nitrogens with one attached hydrogen (secondary N) is 3. The van der Waals surface area contributed by atoms with Crippen LogP contribution in [-0.2, 0) is 19.1 Å². The lowest BCUT2D eigenvalue weighted by Gasteiger charge is -2.82. The van der Waals surface area contributed by atoms with E-state index < -0.39 is 111 Å². The number of rotatable bonds is 13. The molecule has 0 radical (unpaired) electrons. The SMILES string of the molecule is CNC[C@H](C[C@@H](c1cnc[nH]1)[C@@H]1NC(=O)C2(CCCC2)[C@H]1[C@H]1C=C2CC[C@@]34CC[C@@]5(C(=O)O)CC[C@](C)(CO)C[C@H]5C3=CC[C@@]23[C@@]2(C)[C@@H]1[C@@H](O)[C@@H](O[C@@H]1OC[C@@H](O)[C@H](O)[C@H]1O)[C@@](C)(CO)[C@H]2CC[C@@]43C)[C@@H](N)O. The van der Waals surface area contributed by atoms with Crippen molar-refractivity contribution in [1.29, 1.82) is 0 Å². The monoisotopic (exact) mass is 1020 g/mol. The van der Waals surface area contributed by atoms with Crippen molar-refractivity contribution in [2.75, 3.05) is 33.4 Å². The molecule has 1 aromatic rings. The average molecular weight is 1020 g/mol. The number of carboxylic acid groups (broad SMARTS) is 1. The number of aliphatic hydroxyl groups is 7. The Bertz CT molecular complexity index is 2360. The van der Waals surface area contributed by atoms with E-state index in [0.29, 0.717) is 70.8 Å². The number of aromatic amines is 1. The number of H-pyrrole nitrogens is 1. The highest BCUT2D eigenvalue weighted by atomic mass is 16.7. The molecule has 13 N–H and O–H groups in total. The molecule has 1 aromatic heterocycles. The molecule has 73 heavy (non-hydrogen) atoms. The first-order valence-electron chi connectivity index (χ1n) is 27.9. The number of aliphatic hydroxyl groups excluding tert-OH is 7. The van der Waals surface area contributed by atoms with Crippen LogP contribution in [-0.4, -0.2) is 145 Å². The summed E-state index contributed by atoms with van der Waals surface area (Å²) in [6.45, 7) is 8.67. The van der Waals surface area contributed by atoms with Crippen LogP contribution in [0.15, 0.2) is 35.8 Å². The van der Waals surface area contributed by atoms with Gasteiger partial charge in [0.15, 0.2) is 6.29 Å². The molecule has 17 heteroatoms. The van der Waals surface area contributed by atoms with Gasteiger partial charge in [-0.2, -0.15) is 0 Å². The minimum atomic E-state index is -1.65. The summed E-state index contributed by atoms with van der Waals surface area (Å²) in [4.78, 5) is 36.9. The predicted octanol–water partition coefficient (Wildman–Crippen LogP) is 3.22. The van der Waals surface area contributed by atoms with Crippen molar-refractivity contribution in [1.82, 2.24) is 20.6 Å². The second-order valence-corrected chi connectivity index (χ2v) is 26.5. The number of carbonyl (C=O) groups is 2. The van der Waals surface area contributed by atoms with Gasteiger partial charge in [0.25, 0.3) is 0 Å². The quantitative estimate of drug-likeness (QED) is 0.0768. The van der Waals surface area contributed by atoms with Gasteiger partial charge in [0.1, 0.15) is 24.5 Å². The molecule has 2 bridgehead atoms. The highest BCUT2D eigenvalue weighted by molar-refractivity contribution is 5.86. The lowest BCUT2D eigenvalue weighted by molar-refractivity contribution is -0.358. The standard InChI is InChI=1S/C56H85N5O12/c1-49(26-62)16-17-53(48(70)71)18-19-55-14-8-30-21-32(38-40(61-47(69)54(38)11-6-7-12-54)31(35-24-59-28-60-35)20-29(23-58-5)45(57)68)39-42(66)44(73-46-43(67)41(65)36(64)25-72-46)50(2,27-63)37-10-13-51(55,3)56(30,52(37,39)4)15-9-33(55)34(53)22-49/h9,21,24,28-29,31-32,34,36-46,58,62-68H,6-8,10-20,22-23,25-27,57H2,1-5H3,(H,59,60)(H,61,69)(H,70,71)/t29-,31-,32+,34-,36+,37+,38-,39-,40-,41-,42+,43+,44+,45-,46-,49-,50-,51-,52+,53-,55+,56+/m0/s1. The van der Waals surface area contributed by atoms with Crippen LogP contribution >= 0.6 is 0 Å². The summed E-state index contributed by atoms with van der Waals surface area (Å²) >= 11 is 0. The molecular formula is C56H85N5O12. The second kappa shape index (κ2) is 17.9. The van der Waals surface area contributed by atoms with Gasteiger partial charge < -0.3 is 71.7 Å². The van der Waals surface area contributed by atoms with E-state index in [-0.39, 0.29) is 54.8 Å². The van der Waals surface area contributed by atoms with Gasteiger partial charge in [-0.1, -0.05) is 63.8 Å². The molecule has 2 aliphatic heterocycles. The van der Waals surface area contributed by atoms with Gasteiger partial charge in [-0.05, 0) is 130 Å². The van der Waals surface area contributed by atoms with Crippen molar-refractivity contribution in [3.05, 3.63) is 41.5 Å². The van der Waals surface area contributed by atoms with Gasteiger partial charge in [0, 0.05) is 65.6 Å². The van der Waals surface area contributed by atoms with E-state index in [0.717, 1.165) is 37.8 Å². The number of nitrogens with zero attached hydrogens (tertiary/aromatic N) is 1. The number of ether oxygens (including phenoxy) is 2. The van der Waals surface area contributed by atoms with E-state index in [1.807, 2.05) is 14.0 Å². The fourth-order valence-corrected chi connectivity index (χ4v) is 20.6. The number of carbonyl (C=O) groups excluding carboxylic acids is 1. The van der Waals surface area contributed by atoms with Crippen molar-refractivity contribution in [3.8, 4) is 0 Å². The normalized spacial score (nSPS) is 49.6. The Kier molecular flexibility index (Phi) is 12.8. The summed E-state index contributed by atoms with van der Waals surface area (Å²) in [5, 5.41) is 99.0. The minimum Gasteiger partial charge on any atom is -0.481 e. The molecule has 10 aliphatic rings. The molecule has 22 atom stereocenters. The largest absolute Gasteiger partial charge is 0.481 e. The second-order valence-electron chi connectivity index (χ2n) is 26.5. The average Bonchev–Trinajstić information content (AvgIpc) is 4.14. The van der Waals surface area contributed by atoms with Gasteiger partial charge in [-0.15, -0.1) is 0 Å². The summed E-state index contributed by atoms with van der Waals surface area (Å²) in [5.74, 6) is -3.48. The summed E-state index contributed by atoms with van der Waals surface area (Å²) in [5.41, 5.74) is 4.24. The van der Waals surface area contributed by atoms with Crippen molar-refractivity contribution in [3.63, 3.8) is 0 Å². The third-order valence-electron chi connectivity index (χ3n) is 24.1. The van der Waals surface area contributed by atoms with Gasteiger partial charge in [0.05, 0.1) is 42.6 Å². The molecule has 17 nitrogen and oxygen atoms in total. The molecule has 3 spiro atoms. The summed E-state index contributed by atoms with van der Waals surface area (Å²) in [6.07, 6.45) is 8.82. The number of hydrogen-bond donors (Lipinski definition) is 12. The number of allylic oxidation sites excluding steroid dienone is 4. The molecule has 11 rings (SSSR count). The van der Waals surface area contributed by atoms with Crippen molar-refractivity contribution < 1.29 is 59.9 Å². The molecule has 0 unspecified atom stereocenters. The zero-order chi connectivity index (χ0) is 52.1. The molecule has 3 heterocycles. The van der Waals surface area contributed by atoms with Crippen LogP contribution in [0.25, 0.3) is 0 Å². The lowest BCUT2D eigenvalue weighted by Crippen LogP contribution is -2.79. The molecule has 6 saturated carbocycles. The maximum Gasteiger partial charge on any atom is 0.310 e. The smallest absolute Gasteiger partial charge is 0.310 e. The Balaban J connectivity index is 1.14. The number of carboxylic acids is 1. The highest BCUT2D eigenvalue weighted by Crippen LogP contribution is 2.87. The topological polar surface area (TPSA) is 293 Å². The predicted molar refractivity (Wildman–Crippen MR) is 266 cm³/mol. The number of fused-ring (bicyclic) bond motifs is 2. The number of aliphatic carboxylic acids is 1. The van der Waals surface area contributed by atoms with E-state index in [4.69, 9.17) is 15.2 Å².